The molecule has 0 bridgehead atoms. The fourth-order valence-corrected chi connectivity index (χ4v) is 0.636. The molecule has 0 spiro atoms. The summed E-state index contributed by atoms with van der Waals surface area (Å²) in [6, 6.07) is 0. The van der Waals surface area contributed by atoms with E-state index in [1.54, 1.807) is 7.05 Å². The summed E-state index contributed by atoms with van der Waals surface area (Å²) in [5, 5.41) is 10.0. The number of hydrogen-bond acceptors (Lipinski definition) is 3. The molecule has 3 nitrogen and oxygen atoms in total. The Hall–Kier alpha value is -0.510. The second kappa shape index (κ2) is 4.64. The smallest absolute Gasteiger partial charge is 0.161 e. The van der Waals surface area contributed by atoms with Crippen LogP contribution in [0.5, 0.6) is 0 Å². The summed E-state index contributed by atoms with van der Waals surface area (Å²) in [6.45, 7) is 0. The second-order valence-corrected chi connectivity index (χ2v) is 1.82. The zero-order valence-corrected chi connectivity index (χ0v) is 5.75. The normalized spacial score (nSPS) is 11.0. The number of nitrogens with zero attached hydrogens (tertiary/aromatic N) is 1. The lowest BCUT2D eigenvalue weighted by Gasteiger charge is -1.95. The van der Waals surface area contributed by atoms with E-state index in [4.69, 9.17) is 5.41 Å². The molecule has 0 aromatic carbocycles. The molecule has 0 rings (SSSR count). The Morgan fingerprint density at radius 2 is 2.50 bits per heavy atom. The molecule has 0 aromatic heterocycles. The van der Waals surface area contributed by atoms with Gasteiger partial charge in [0.05, 0.1) is 6.34 Å². The predicted octanol–water partition coefficient (Wildman–Crippen LogP) is 0.532. The fraction of sp³-hybridized carbons (Fsp3) is 0.500. The van der Waals surface area contributed by atoms with Gasteiger partial charge in [-0.15, -0.1) is 0 Å². The van der Waals surface area contributed by atoms with Crippen molar-refractivity contribution in [2.75, 3.05) is 13.3 Å². The third-order valence-corrected chi connectivity index (χ3v) is 1.28. The fourth-order valence-electron chi connectivity index (χ4n) is 0.277. The molecule has 46 valence electrons. The molecule has 0 fully saturated rings. The molecular formula is C4H9N3S. The Morgan fingerprint density at radius 1 is 1.88 bits per heavy atom. The highest BCUT2D eigenvalue weighted by molar-refractivity contribution is 8.13. The molecule has 0 aliphatic carbocycles. The minimum Gasteiger partial charge on any atom is -0.326 e. The first-order valence-electron chi connectivity index (χ1n) is 2.11. The van der Waals surface area contributed by atoms with Gasteiger partial charge in [-0.2, -0.15) is 0 Å². The topological polar surface area (TPSA) is 48.2 Å². The van der Waals surface area contributed by atoms with Gasteiger partial charge in [-0.05, 0) is 6.26 Å². The highest BCUT2D eigenvalue weighted by Crippen LogP contribution is 1.90. The first-order chi connectivity index (χ1) is 3.85. The van der Waals surface area contributed by atoms with Crippen molar-refractivity contribution < 1.29 is 0 Å². The van der Waals surface area contributed by atoms with Gasteiger partial charge in [0.1, 0.15) is 0 Å². The Labute approximate surface area is 53.1 Å². The van der Waals surface area contributed by atoms with Crippen molar-refractivity contribution in [3.63, 3.8) is 0 Å². The van der Waals surface area contributed by atoms with Crippen molar-refractivity contribution in [1.82, 2.24) is 5.32 Å². The monoisotopic (exact) mass is 131 g/mol. The molecule has 0 unspecified atom stereocenters. The molecule has 2 N–H and O–H groups in total. The van der Waals surface area contributed by atoms with Crippen LogP contribution in [0.15, 0.2) is 4.99 Å². The van der Waals surface area contributed by atoms with Gasteiger partial charge in [0.25, 0.3) is 0 Å². The molecule has 4 heteroatoms. The van der Waals surface area contributed by atoms with Gasteiger partial charge in [0, 0.05) is 7.05 Å². The number of nitrogens with one attached hydrogen (secondary N) is 2. The first kappa shape index (κ1) is 7.49. The molecule has 0 radical (unpaired) electrons. The summed E-state index contributed by atoms with van der Waals surface area (Å²) < 4.78 is 0. The summed E-state index contributed by atoms with van der Waals surface area (Å²) >= 11 is 1.48. The lowest BCUT2D eigenvalue weighted by molar-refractivity contribution is 1.33. The van der Waals surface area contributed by atoms with Crippen LogP contribution in [0.25, 0.3) is 0 Å². The van der Waals surface area contributed by atoms with E-state index in [1.807, 2.05) is 6.26 Å². The van der Waals surface area contributed by atoms with E-state index in [-0.39, 0.29) is 0 Å². The van der Waals surface area contributed by atoms with Gasteiger partial charge < -0.3 is 5.32 Å². The molecule has 0 amide bonds. The van der Waals surface area contributed by atoms with Crippen molar-refractivity contribution in [2.45, 2.75) is 0 Å². The minimum atomic E-state index is 0.764. The highest BCUT2D eigenvalue weighted by atomic mass is 32.2. The quantitative estimate of drug-likeness (QED) is 0.403. The summed E-state index contributed by atoms with van der Waals surface area (Å²) in [7, 11) is 1.68. The Kier molecular flexibility index (Phi) is 4.35. The lowest BCUT2D eigenvalue weighted by atomic mass is 11.1. The second-order valence-electron chi connectivity index (χ2n) is 1.02. The van der Waals surface area contributed by atoms with Gasteiger partial charge in [0.2, 0.25) is 0 Å². The van der Waals surface area contributed by atoms with Crippen LogP contribution in [0.4, 0.5) is 0 Å². The van der Waals surface area contributed by atoms with Crippen molar-refractivity contribution in [1.29, 1.82) is 5.41 Å². The molecule has 0 aliphatic rings. The number of hydrogen-bond donors (Lipinski definition) is 2. The maximum absolute atomic E-state index is 6.61. The third-order valence-electron chi connectivity index (χ3n) is 0.592. The molecule has 0 saturated heterocycles. The van der Waals surface area contributed by atoms with Crippen molar-refractivity contribution in [3.8, 4) is 0 Å². The first-order valence-corrected chi connectivity index (χ1v) is 3.34. The van der Waals surface area contributed by atoms with Crippen LogP contribution in [0.1, 0.15) is 0 Å². The van der Waals surface area contributed by atoms with Crippen molar-refractivity contribution in [2.24, 2.45) is 4.99 Å². The van der Waals surface area contributed by atoms with E-state index in [1.165, 1.54) is 11.8 Å². The van der Waals surface area contributed by atoms with Crippen LogP contribution in [0.2, 0.25) is 0 Å². The predicted molar refractivity (Wildman–Crippen MR) is 38.8 cm³/mol. The molecular weight excluding hydrogens is 122 g/mol. The van der Waals surface area contributed by atoms with E-state index in [2.05, 4.69) is 10.3 Å². The van der Waals surface area contributed by atoms with Crippen LogP contribution in [-0.4, -0.2) is 24.8 Å². The largest absolute Gasteiger partial charge is 0.326 e. The average molecular weight is 131 g/mol. The van der Waals surface area contributed by atoms with Crippen LogP contribution in [-0.2, 0) is 0 Å². The van der Waals surface area contributed by atoms with Crippen LogP contribution >= 0.6 is 11.8 Å². The third kappa shape index (κ3) is 2.63. The molecule has 0 saturated carbocycles. The summed E-state index contributed by atoms with van der Waals surface area (Å²) in [5.41, 5.74) is 0. The van der Waals surface area contributed by atoms with Crippen LogP contribution in [0.3, 0.4) is 0 Å². The Balaban J connectivity index is 3.53. The number of rotatable bonds is 1. The van der Waals surface area contributed by atoms with E-state index in [0.29, 0.717) is 0 Å². The SMILES string of the molecule is CN=C(NC=N)SC. The Bertz CT molecular complexity index is 99.5. The lowest BCUT2D eigenvalue weighted by Crippen LogP contribution is -2.16. The van der Waals surface area contributed by atoms with Gasteiger partial charge in [-0.1, -0.05) is 11.8 Å². The molecule has 0 atom stereocenters. The average Bonchev–Trinajstić information content (AvgIpc) is 1.83. The van der Waals surface area contributed by atoms with E-state index in [9.17, 15) is 0 Å². The van der Waals surface area contributed by atoms with Crippen molar-refractivity contribution >= 4 is 23.3 Å². The number of aliphatic imine (C=N–C) groups is 1. The maximum atomic E-state index is 6.61. The van der Waals surface area contributed by atoms with Gasteiger partial charge >= 0.3 is 0 Å². The summed E-state index contributed by atoms with van der Waals surface area (Å²) in [4.78, 5) is 3.81. The van der Waals surface area contributed by atoms with Crippen LogP contribution in [0, 0.1) is 5.41 Å². The van der Waals surface area contributed by atoms with Gasteiger partial charge in [0.15, 0.2) is 5.17 Å². The maximum Gasteiger partial charge on any atom is 0.161 e. The molecule has 0 aliphatic heterocycles. The summed E-state index contributed by atoms with van der Waals surface area (Å²) in [5.74, 6) is 0. The zero-order chi connectivity index (χ0) is 6.41. The molecule has 8 heavy (non-hydrogen) atoms. The highest BCUT2D eigenvalue weighted by Gasteiger charge is 1.85. The van der Waals surface area contributed by atoms with Gasteiger partial charge in [-0.3, -0.25) is 10.4 Å². The molecule has 0 aromatic rings. The Morgan fingerprint density at radius 3 is 2.62 bits per heavy atom. The van der Waals surface area contributed by atoms with Crippen molar-refractivity contribution in [3.05, 3.63) is 0 Å². The van der Waals surface area contributed by atoms with Gasteiger partial charge in [-0.25, -0.2) is 0 Å². The van der Waals surface area contributed by atoms with E-state index < -0.39 is 0 Å². The summed E-state index contributed by atoms with van der Waals surface area (Å²) in [6.07, 6.45) is 3.01. The zero-order valence-electron chi connectivity index (χ0n) is 4.93. The van der Waals surface area contributed by atoms with E-state index in [0.717, 1.165) is 11.5 Å². The van der Waals surface area contributed by atoms with Crippen LogP contribution < -0.4 is 5.32 Å². The van der Waals surface area contributed by atoms with E-state index >= 15 is 0 Å². The minimum absolute atomic E-state index is 0.764. The standard InChI is InChI=1S/C4H9N3S/c1-6-4(8-2)7-3-5/h3H,1-2H3,(H2,5,6,7). The molecule has 0 heterocycles. The number of thioether (sulfide) groups is 1. The number of amidine groups is 1.